The van der Waals surface area contributed by atoms with E-state index in [0.29, 0.717) is 5.41 Å². The van der Waals surface area contributed by atoms with Gasteiger partial charge in [0.05, 0.1) is 0 Å². The van der Waals surface area contributed by atoms with Crippen LogP contribution in [0.15, 0.2) is 0 Å². The Kier molecular flexibility index (Phi) is 1.48. The van der Waals surface area contributed by atoms with Crippen molar-refractivity contribution in [2.75, 3.05) is 0 Å². The summed E-state index contributed by atoms with van der Waals surface area (Å²) in [7, 11) is 0. The van der Waals surface area contributed by atoms with Crippen LogP contribution in [-0.4, -0.2) is 0 Å². The largest absolute Gasteiger partial charge is 0.120 e. The predicted octanol–water partition coefficient (Wildman–Crippen LogP) is 4.60. The molecule has 0 aromatic rings. The Morgan fingerprint density at radius 1 is 0.625 bits per heavy atom. The minimum atomic E-state index is 0.353. The lowest BCUT2D eigenvalue weighted by Gasteiger charge is -2.91. The summed E-state index contributed by atoms with van der Waals surface area (Å²) in [6, 6.07) is 0. The van der Waals surface area contributed by atoms with E-state index < -0.39 is 0 Å². The summed E-state index contributed by atoms with van der Waals surface area (Å²) in [5, 5.41) is 0. The van der Waals surface area contributed by atoms with Crippen LogP contribution in [0.25, 0.3) is 0 Å². The van der Waals surface area contributed by atoms with E-state index in [4.69, 9.17) is 6.42 Å². The first-order valence-corrected chi connectivity index (χ1v) is 11.2. The number of terminal acetylenes is 1. The molecule has 14 bridgehead atoms. The van der Waals surface area contributed by atoms with Crippen LogP contribution >= 0.6 is 0 Å². The van der Waals surface area contributed by atoms with E-state index in [2.05, 4.69) is 5.92 Å². The lowest BCUT2D eigenvalue weighted by Crippen LogP contribution is -2.86. The van der Waals surface area contributed by atoms with Crippen LogP contribution in [0.1, 0.15) is 51.4 Å². The third-order valence-electron chi connectivity index (χ3n) is 12.8. The number of hydrogen-bond donors (Lipinski definition) is 0. The molecule has 124 valence electrons. The van der Waals surface area contributed by atoms with E-state index in [9.17, 15) is 0 Å². The topological polar surface area (TPSA) is 0 Å². The molecule has 0 aromatic carbocycles. The molecule has 24 heavy (non-hydrogen) atoms. The van der Waals surface area contributed by atoms with Crippen LogP contribution in [0.4, 0.5) is 0 Å². The average molecular weight is 316 g/mol. The van der Waals surface area contributed by atoms with Gasteiger partial charge in [-0.05, 0) is 127 Å². The maximum Gasteiger partial charge on any atom is 0.0323 e. The summed E-state index contributed by atoms with van der Waals surface area (Å²) in [5.74, 6) is 16.0. The molecule has 8 atom stereocenters. The summed E-state index contributed by atoms with van der Waals surface area (Å²) in [6.45, 7) is 0. The summed E-state index contributed by atoms with van der Waals surface area (Å²) < 4.78 is 0. The molecule has 13 aliphatic carbocycles. The highest BCUT2D eigenvalue weighted by molar-refractivity contribution is 5.37. The highest BCUT2D eigenvalue weighted by Gasteiger charge is 2.87. The second-order valence-electron chi connectivity index (χ2n) is 12.5. The number of hydrogen-bond acceptors (Lipinski definition) is 0. The fourth-order valence-electron chi connectivity index (χ4n) is 13.7. The lowest BCUT2D eigenvalue weighted by atomic mass is 9.13. The molecule has 13 aliphatic rings. The quantitative estimate of drug-likeness (QED) is 0.573. The molecule has 0 heteroatoms. The summed E-state index contributed by atoms with van der Waals surface area (Å²) in [5.41, 5.74) is 1.99. The molecule has 8 unspecified atom stereocenters. The van der Waals surface area contributed by atoms with Crippen molar-refractivity contribution in [3.05, 3.63) is 0 Å². The third kappa shape index (κ3) is 0.818. The average Bonchev–Trinajstić information content (AvgIpc) is 2.59. The van der Waals surface area contributed by atoms with Crippen molar-refractivity contribution in [3.63, 3.8) is 0 Å². The molecule has 13 fully saturated rings. The first-order valence-electron chi connectivity index (χ1n) is 11.2. The summed E-state index contributed by atoms with van der Waals surface area (Å²) in [4.78, 5) is 0. The zero-order valence-corrected chi connectivity index (χ0v) is 14.6. The van der Waals surface area contributed by atoms with Crippen molar-refractivity contribution < 1.29 is 0 Å². The highest BCUT2D eigenvalue weighted by atomic mass is 14.9. The van der Waals surface area contributed by atoms with E-state index in [1.807, 2.05) is 0 Å². The third-order valence-corrected chi connectivity index (χ3v) is 12.8. The van der Waals surface area contributed by atoms with Gasteiger partial charge >= 0.3 is 0 Å². The fourth-order valence-corrected chi connectivity index (χ4v) is 13.7. The molecule has 0 saturated heterocycles. The predicted molar refractivity (Wildman–Crippen MR) is 91.5 cm³/mol. The van der Waals surface area contributed by atoms with E-state index >= 15 is 0 Å². The molecule has 13 saturated carbocycles. The number of rotatable bonds is 0. The van der Waals surface area contributed by atoms with Gasteiger partial charge in [0.15, 0.2) is 0 Å². The molecular formula is C24H28. The maximum atomic E-state index is 6.22. The van der Waals surface area contributed by atoms with Gasteiger partial charge in [0.1, 0.15) is 0 Å². The Hall–Kier alpha value is -0.440. The van der Waals surface area contributed by atoms with E-state index in [0.717, 1.165) is 52.3 Å². The van der Waals surface area contributed by atoms with E-state index in [1.54, 1.807) is 32.1 Å². The Labute approximate surface area is 145 Å². The van der Waals surface area contributed by atoms with Crippen molar-refractivity contribution >= 4 is 0 Å². The first kappa shape index (κ1) is 12.0. The van der Waals surface area contributed by atoms with Gasteiger partial charge in [-0.3, -0.25) is 0 Å². The fraction of sp³-hybridized carbons (Fsp3) is 0.917. The monoisotopic (exact) mass is 316 g/mol. The van der Waals surface area contributed by atoms with Crippen LogP contribution in [0.2, 0.25) is 0 Å². The molecule has 0 aromatic heterocycles. The molecule has 0 radical (unpaired) electrons. The van der Waals surface area contributed by atoms with Crippen LogP contribution in [0.3, 0.4) is 0 Å². The van der Waals surface area contributed by atoms with Crippen LogP contribution in [0.5, 0.6) is 0 Å². The van der Waals surface area contributed by atoms with E-state index in [-0.39, 0.29) is 0 Å². The highest BCUT2D eigenvalue weighted by Crippen LogP contribution is 2.93. The van der Waals surface area contributed by atoms with Crippen molar-refractivity contribution in [2.24, 2.45) is 81.3 Å². The Morgan fingerprint density at radius 3 is 1.88 bits per heavy atom. The van der Waals surface area contributed by atoms with Gasteiger partial charge in [-0.15, -0.1) is 6.42 Å². The molecule has 13 rings (SSSR count). The Balaban J connectivity index is 1.39. The zero-order chi connectivity index (χ0) is 15.2. The Morgan fingerprint density at radius 2 is 1.21 bits per heavy atom. The van der Waals surface area contributed by atoms with Crippen molar-refractivity contribution in [1.82, 2.24) is 0 Å². The SMILES string of the molecule is C#CC12CC3C4CC56CC7CC8C9CC(C1)(C3C85)C(C4C2)C6C9C7. The first-order chi connectivity index (χ1) is 11.7. The van der Waals surface area contributed by atoms with Crippen molar-refractivity contribution in [3.8, 4) is 12.3 Å². The Bertz CT molecular complexity index is 727. The van der Waals surface area contributed by atoms with Gasteiger partial charge in [-0.2, -0.15) is 0 Å². The summed E-state index contributed by atoms with van der Waals surface area (Å²) in [6.07, 6.45) is 18.9. The van der Waals surface area contributed by atoms with Crippen LogP contribution in [0, 0.1) is 93.7 Å². The van der Waals surface area contributed by atoms with Crippen molar-refractivity contribution in [2.45, 2.75) is 51.4 Å². The maximum absolute atomic E-state index is 6.22. The molecule has 0 amide bonds. The second kappa shape index (κ2) is 2.96. The minimum Gasteiger partial charge on any atom is -0.120 e. The van der Waals surface area contributed by atoms with Crippen LogP contribution < -0.4 is 0 Å². The van der Waals surface area contributed by atoms with Gasteiger partial charge < -0.3 is 0 Å². The van der Waals surface area contributed by atoms with Gasteiger partial charge in [0, 0.05) is 5.41 Å². The van der Waals surface area contributed by atoms with Gasteiger partial charge in [0.2, 0.25) is 0 Å². The molecule has 0 aliphatic heterocycles. The molecule has 0 N–H and O–H groups in total. The molecule has 0 nitrogen and oxygen atoms in total. The molecule has 0 heterocycles. The summed E-state index contributed by atoms with van der Waals surface area (Å²) >= 11 is 0. The van der Waals surface area contributed by atoms with E-state index in [1.165, 1.54) is 42.9 Å². The minimum absolute atomic E-state index is 0.353. The standard InChI is InChI=1S/C24H28/c1-2-22-6-16-15-8-23-5-11-3-12-14-9-24(10-22,20(16)18(12)23)21(17(15)7-22)19(23)13(14)4-11/h1,11-21H,3-10H2. The normalized spacial score (nSPS) is 81.7. The second-order valence-corrected chi connectivity index (χ2v) is 12.5. The van der Waals surface area contributed by atoms with Gasteiger partial charge in [-0.1, -0.05) is 5.92 Å². The smallest absolute Gasteiger partial charge is 0.0323 e. The van der Waals surface area contributed by atoms with Crippen LogP contribution in [-0.2, 0) is 0 Å². The lowest BCUT2D eigenvalue weighted by molar-refractivity contribution is -0.436. The molecular weight excluding hydrogens is 288 g/mol. The van der Waals surface area contributed by atoms with Crippen molar-refractivity contribution in [1.29, 1.82) is 0 Å². The van der Waals surface area contributed by atoms with Gasteiger partial charge in [0.25, 0.3) is 0 Å². The van der Waals surface area contributed by atoms with Gasteiger partial charge in [-0.25, -0.2) is 0 Å². The molecule has 2 spiro atoms. The zero-order valence-electron chi connectivity index (χ0n) is 14.6.